The molecule has 4 nitrogen and oxygen atoms in total. The third kappa shape index (κ3) is 3.19. The Morgan fingerprint density at radius 2 is 2.20 bits per heavy atom. The van der Waals surface area contributed by atoms with Gasteiger partial charge in [0.2, 0.25) is 5.95 Å². The number of aryl methyl sites for hydroxylation is 1. The lowest BCUT2D eigenvalue weighted by Gasteiger charge is -2.11. The van der Waals surface area contributed by atoms with E-state index in [2.05, 4.69) is 15.3 Å². The molecule has 1 fully saturated rings. The number of aromatic nitrogens is 2. The molecular weight excluding hydrogens is 235 g/mol. The van der Waals surface area contributed by atoms with Gasteiger partial charge in [-0.2, -0.15) is 0 Å². The average molecular weight is 251 g/mol. The third-order valence-corrected chi connectivity index (χ3v) is 2.42. The normalized spacial score (nSPS) is 19.1. The number of anilines is 1. The van der Waals surface area contributed by atoms with E-state index in [0.717, 1.165) is 24.2 Å². The summed E-state index contributed by atoms with van der Waals surface area (Å²) in [5, 5.41) is 3.40. The second-order valence-corrected chi connectivity index (χ2v) is 3.45. The second kappa shape index (κ2) is 6.10. The maximum atomic E-state index is 5.55. The van der Waals surface area contributed by atoms with Crippen molar-refractivity contribution in [3.8, 4) is 0 Å². The number of hydrogen-bond acceptors (Lipinski definition) is 4. The van der Waals surface area contributed by atoms with Crippen LogP contribution in [0.4, 0.5) is 5.95 Å². The lowest BCUT2D eigenvalue weighted by molar-refractivity contribution is 0.622. The van der Waals surface area contributed by atoms with Crippen molar-refractivity contribution in [3.05, 3.63) is 17.5 Å². The third-order valence-electron chi connectivity index (χ3n) is 2.42. The summed E-state index contributed by atoms with van der Waals surface area (Å²) in [5.41, 5.74) is 7.72. The molecular formula is C9H16Cl2N4. The van der Waals surface area contributed by atoms with Crippen molar-refractivity contribution < 1.29 is 0 Å². The predicted molar refractivity (Wildman–Crippen MR) is 65.7 cm³/mol. The molecule has 1 aromatic heterocycles. The van der Waals surface area contributed by atoms with Crippen LogP contribution in [0.2, 0.25) is 0 Å². The Labute approximate surface area is 102 Å². The van der Waals surface area contributed by atoms with E-state index in [0.29, 0.717) is 12.0 Å². The van der Waals surface area contributed by atoms with Gasteiger partial charge >= 0.3 is 0 Å². The highest BCUT2D eigenvalue weighted by atomic mass is 35.5. The number of halogens is 2. The molecule has 0 aliphatic carbocycles. The lowest BCUT2D eigenvalue weighted by atomic mass is 10.1. The van der Waals surface area contributed by atoms with Crippen LogP contribution in [0.5, 0.6) is 0 Å². The molecule has 86 valence electrons. The van der Waals surface area contributed by atoms with Crippen LogP contribution in [0.25, 0.3) is 0 Å². The minimum absolute atomic E-state index is 0. The van der Waals surface area contributed by atoms with E-state index in [9.17, 15) is 0 Å². The highest BCUT2D eigenvalue weighted by molar-refractivity contribution is 5.85. The fraction of sp³-hybridized carbons (Fsp3) is 0.556. The van der Waals surface area contributed by atoms with Crippen molar-refractivity contribution in [2.75, 3.05) is 12.3 Å². The van der Waals surface area contributed by atoms with Crippen LogP contribution in [-0.4, -0.2) is 16.5 Å². The van der Waals surface area contributed by atoms with Gasteiger partial charge in [-0.25, -0.2) is 9.97 Å². The number of nitrogens with zero attached hydrogens (tertiary/aromatic N) is 2. The van der Waals surface area contributed by atoms with Gasteiger partial charge in [0.05, 0.1) is 5.69 Å². The molecule has 0 spiro atoms. The zero-order valence-electron chi connectivity index (χ0n) is 8.56. The molecule has 1 saturated heterocycles. The van der Waals surface area contributed by atoms with E-state index in [4.69, 9.17) is 5.73 Å². The first kappa shape index (κ1) is 14.4. The molecule has 1 unspecified atom stereocenters. The van der Waals surface area contributed by atoms with Crippen LogP contribution in [0.3, 0.4) is 0 Å². The highest BCUT2D eigenvalue weighted by Crippen LogP contribution is 2.23. The van der Waals surface area contributed by atoms with Gasteiger partial charge in [0.1, 0.15) is 0 Å². The van der Waals surface area contributed by atoms with E-state index >= 15 is 0 Å². The average Bonchev–Trinajstić information content (AvgIpc) is 2.61. The van der Waals surface area contributed by atoms with Gasteiger partial charge in [-0.05, 0) is 31.9 Å². The molecule has 15 heavy (non-hydrogen) atoms. The summed E-state index contributed by atoms with van der Waals surface area (Å²) in [6.45, 7) is 3.10. The zero-order valence-corrected chi connectivity index (χ0v) is 10.2. The number of rotatable bonds is 1. The van der Waals surface area contributed by atoms with Crippen LogP contribution in [-0.2, 0) is 0 Å². The summed E-state index contributed by atoms with van der Waals surface area (Å²) in [5.74, 6) is 0.370. The second-order valence-electron chi connectivity index (χ2n) is 3.45. The van der Waals surface area contributed by atoms with Crippen LogP contribution >= 0.6 is 24.8 Å². The maximum Gasteiger partial charge on any atom is 0.220 e. The van der Waals surface area contributed by atoms with Gasteiger partial charge in [-0.15, -0.1) is 24.8 Å². The van der Waals surface area contributed by atoms with E-state index in [1.807, 2.05) is 6.92 Å². The zero-order chi connectivity index (χ0) is 9.26. The Bertz CT molecular complexity index is 313. The van der Waals surface area contributed by atoms with Crippen LogP contribution in [0.15, 0.2) is 6.20 Å². The molecule has 0 bridgehead atoms. The number of nitrogens with one attached hydrogen (secondary N) is 1. The largest absolute Gasteiger partial charge is 0.368 e. The SMILES string of the molecule is Cc1cnc(N)nc1C1CCCN1.Cl.Cl. The molecule has 1 atom stereocenters. The van der Waals surface area contributed by atoms with Crippen molar-refractivity contribution in [2.45, 2.75) is 25.8 Å². The van der Waals surface area contributed by atoms with Gasteiger partial charge in [0.25, 0.3) is 0 Å². The Balaban J connectivity index is 0.000000980. The minimum atomic E-state index is 0. The monoisotopic (exact) mass is 250 g/mol. The lowest BCUT2D eigenvalue weighted by Crippen LogP contribution is -2.16. The molecule has 6 heteroatoms. The van der Waals surface area contributed by atoms with E-state index in [1.54, 1.807) is 6.20 Å². The van der Waals surface area contributed by atoms with Gasteiger partial charge in [-0.1, -0.05) is 0 Å². The van der Waals surface area contributed by atoms with Crippen LogP contribution in [0.1, 0.15) is 30.1 Å². The Hall–Kier alpha value is -0.580. The summed E-state index contributed by atoms with van der Waals surface area (Å²) in [6, 6.07) is 0.380. The molecule has 2 heterocycles. The smallest absolute Gasteiger partial charge is 0.220 e. The first-order chi connectivity index (χ1) is 6.27. The Kier molecular flexibility index (Phi) is 5.87. The maximum absolute atomic E-state index is 5.55. The Morgan fingerprint density at radius 1 is 1.47 bits per heavy atom. The van der Waals surface area contributed by atoms with Crippen LogP contribution in [0, 0.1) is 6.92 Å². The van der Waals surface area contributed by atoms with Gasteiger partial charge < -0.3 is 11.1 Å². The van der Waals surface area contributed by atoms with Crippen molar-refractivity contribution >= 4 is 30.8 Å². The first-order valence-corrected chi connectivity index (χ1v) is 4.60. The predicted octanol–water partition coefficient (Wildman–Crippen LogP) is 1.64. The minimum Gasteiger partial charge on any atom is -0.368 e. The quantitative estimate of drug-likeness (QED) is 0.796. The molecule has 1 aromatic rings. The van der Waals surface area contributed by atoms with Crippen molar-refractivity contribution in [3.63, 3.8) is 0 Å². The molecule has 1 aliphatic rings. The highest BCUT2D eigenvalue weighted by Gasteiger charge is 2.19. The number of nitrogens with two attached hydrogens (primary N) is 1. The number of nitrogen functional groups attached to an aromatic ring is 1. The summed E-state index contributed by atoms with van der Waals surface area (Å²) in [7, 11) is 0. The van der Waals surface area contributed by atoms with Crippen molar-refractivity contribution in [2.24, 2.45) is 0 Å². The van der Waals surface area contributed by atoms with Gasteiger partial charge in [0, 0.05) is 12.2 Å². The fourth-order valence-corrected chi connectivity index (χ4v) is 1.74. The topological polar surface area (TPSA) is 63.8 Å². The van der Waals surface area contributed by atoms with Crippen LogP contribution < -0.4 is 11.1 Å². The summed E-state index contributed by atoms with van der Waals surface area (Å²) in [4.78, 5) is 8.21. The van der Waals surface area contributed by atoms with E-state index in [1.165, 1.54) is 6.42 Å². The van der Waals surface area contributed by atoms with Crippen molar-refractivity contribution in [1.29, 1.82) is 0 Å². The molecule has 2 rings (SSSR count). The molecule has 3 N–H and O–H groups in total. The molecule has 1 aliphatic heterocycles. The first-order valence-electron chi connectivity index (χ1n) is 4.60. The summed E-state index contributed by atoms with van der Waals surface area (Å²) in [6.07, 6.45) is 4.16. The Morgan fingerprint density at radius 3 is 2.80 bits per heavy atom. The van der Waals surface area contributed by atoms with Gasteiger partial charge in [-0.3, -0.25) is 0 Å². The van der Waals surface area contributed by atoms with E-state index in [-0.39, 0.29) is 24.8 Å². The summed E-state index contributed by atoms with van der Waals surface area (Å²) < 4.78 is 0. The molecule has 0 aromatic carbocycles. The molecule has 0 radical (unpaired) electrons. The van der Waals surface area contributed by atoms with Crippen molar-refractivity contribution in [1.82, 2.24) is 15.3 Å². The molecule has 0 saturated carbocycles. The summed E-state index contributed by atoms with van der Waals surface area (Å²) >= 11 is 0. The standard InChI is InChI=1S/C9H14N4.2ClH/c1-6-5-12-9(10)13-8(6)7-3-2-4-11-7;;/h5,7,11H,2-4H2,1H3,(H2,10,12,13);2*1H. The molecule has 0 amide bonds. The van der Waals surface area contributed by atoms with Gasteiger partial charge in [0.15, 0.2) is 0 Å². The number of hydrogen-bond donors (Lipinski definition) is 2. The van der Waals surface area contributed by atoms with E-state index < -0.39 is 0 Å². The fourth-order valence-electron chi connectivity index (χ4n) is 1.74.